The van der Waals surface area contributed by atoms with Gasteiger partial charge >= 0.3 is 0 Å². The molecule has 0 fully saturated rings. The van der Waals surface area contributed by atoms with Crippen LogP contribution in [-0.4, -0.2) is 22.8 Å². The van der Waals surface area contributed by atoms with E-state index >= 15 is 0 Å². The molecule has 1 aromatic carbocycles. The first-order chi connectivity index (χ1) is 10.7. The van der Waals surface area contributed by atoms with Gasteiger partial charge in [-0.25, -0.2) is 0 Å². The number of amides is 2. The van der Waals surface area contributed by atoms with E-state index in [2.05, 4.69) is 10.3 Å². The van der Waals surface area contributed by atoms with Crippen molar-refractivity contribution in [3.63, 3.8) is 0 Å². The van der Waals surface area contributed by atoms with Crippen molar-refractivity contribution in [2.75, 3.05) is 10.2 Å². The molecule has 0 aliphatic carbocycles. The van der Waals surface area contributed by atoms with Crippen LogP contribution >= 0.6 is 0 Å². The van der Waals surface area contributed by atoms with Crippen LogP contribution in [0.1, 0.15) is 30.1 Å². The summed E-state index contributed by atoms with van der Waals surface area (Å²) >= 11 is 0. The second-order valence-electron chi connectivity index (χ2n) is 5.23. The maximum atomic E-state index is 12.9. The highest BCUT2D eigenvalue weighted by molar-refractivity contribution is 6.16. The highest BCUT2D eigenvalue weighted by atomic mass is 16.2. The Morgan fingerprint density at radius 1 is 1.27 bits per heavy atom. The molecule has 2 heterocycles. The molecule has 0 spiro atoms. The maximum Gasteiger partial charge on any atom is 0.260 e. The third-order valence-electron chi connectivity index (χ3n) is 3.73. The number of nitrogens with zero attached hydrogens (tertiary/aromatic N) is 2. The van der Waals surface area contributed by atoms with E-state index in [1.807, 2.05) is 25.1 Å². The lowest BCUT2D eigenvalue weighted by Gasteiger charge is -2.36. The highest BCUT2D eigenvalue weighted by Crippen LogP contribution is 2.34. The topological polar surface area (TPSA) is 62.3 Å². The number of fused-ring (bicyclic) bond motifs is 1. The number of para-hydroxylation sites is 2. The van der Waals surface area contributed by atoms with Crippen LogP contribution in [0.25, 0.3) is 0 Å². The van der Waals surface area contributed by atoms with Gasteiger partial charge < -0.3 is 5.32 Å². The summed E-state index contributed by atoms with van der Waals surface area (Å²) < 4.78 is 0. The standard InChI is InChI=1S/C17H17N3O2/c1-2-6-15-16(21)19-13-8-3-4-9-14(13)20(15)17(22)12-7-5-10-18-11-12/h3-5,7-11,15H,2,6H2,1H3,(H,19,21). The summed E-state index contributed by atoms with van der Waals surface area (Å²) in [6.45, 7) is 2.00. The number of nitrogens with one attached hydrogen (secondary N) is 1. The van der Waals surface area contributed by atoms with E-state index < -0.39 is 6.04 Å². The predicted octanol–water partition coefficient (Wildman–Crippen LogP) is 2.85. The van der Waals surface area contributed by atoms with Crippen molar-refractivity contribution >= 4 is 23.2 Å². The molecule has 22 heavy (non-hydrogen) atoms. The number of anilines is 2. The SMILES string of the molecule is CCCC1C(=O)Nc2ccccc2N1C(=O)c1cccnc1. The molecule has 1 aromatic heterocycles. The Morgan fingerprint density at radius 2 is 2.09 bits per heavy atom. The third-order valence-corrected chi connectivity index (χ3v) is 3.73. The quantitative estimate of drug-likeness (QED) is 0.947. The van der Waals surface area contributed by atoms with Gasteiger partial charge in [-0.05, 0) is 30.7 Å². The van der Waals surface area contributed by atoms with Gasteiger partial charge in [-0.1, -0.05) is 25.5 Å². The first-order valence-electron chi connectivity index (χ1n) is 7.36. The smallest absolute Gasteiger partial charge is 0.260 e. The number of hydrogen-bond acceptors (Lipinski definition) is 3. The zero-order chi connectivity index (χ0) is 15.5. The van der Waals surface area contributed by atoms with Crippen LogP contribution in [0.4, 0.5) is 11.4 Å². The van der Waals surface area contributed by atoms with E-state index in [9.17, 15) is 9.59 Å². The molecule has 0 bridgehead atoms. The molecule has 1 atom stereocenters. The van der Waals surface area contributed by atoms with Gasteiger partial charge in [0.2, 0.25) is 5.91 Å². The Balaban J connectivity index is 2.07. The largest absolute Gasteiger partial charge is 0.322 e. The van der Waals surface area contributed by atoms with Crippen LogP contribution in [0.15, 0.2) is 48.8 Å². The van der Waals surface area contributed by atoms with E-state index in [0.29, 0.717) is 17.7 Å². The lowest BCUT2D eigenvalue weighted by molar-refractivity contribution is -0.117. The van der Waals surface area contributed by atoms with Crippen LogP contribution in [-0.2, 0) is 4.79 Å². The van der Waals surface area contributed by atoms with Crippen molar-refractivity contribution in [2.24, 2.45) is 0 Å². The normalized spacial score (nSPS) is 16.9. The third kappa shape index (κ3) is 2.45. The minimum Gasteiger partial charge on any atom is -0.322 e. The van der Waals surface area contributed by atoms with Gasteiger partial charge in [0.1, 0.15) is 6.04 Å². The second kappa shape index (κ2) is 5.97. The van der Waals surface area contributed by atoms with Gasteiger partial charge in [0.15, 0.2) is 0 Å². The number of carbonyl (C=O) groups excluding carboxylic acids is 2. The molecule has 5 heteroatoms. The Hall–Kier alpha value is -2.69. The van der Waals surface area contributed by atoms with Crippen molar-refractivity contribution < 1.29 is 9.59 Å². The molecule has 5 nitrogen and oxygen atoms in total. The first kappa shape index (κ1) is 14.3. The van der Waals surface area contributed by atoms with Crippen molar-refractivity contribution in [1.82, 2.24) is 4.98 Å². The summed E-state index contributed by atoms with van der Waals surface area (Å²) in [7, 11) is 0. The monoisotopic (exact) mass is 295 g/mol. The van der Waals surface area contributed by atoms with Crippen LogP contribution in [0, 0.1) is 0 Å². The summed E-state index contributed by atoms with van der Waals surface area (Å²) in [5, 5.41) is 2.88. The Labute approximate surface area is 129 Å². The van der Waals surface area contributed by atoms with E-state index in [0.717, 1.165) is 12.1 Å². The molecule has 0 saturated carbocycles. The molecular formula is C17H17N3O2. The average Bonchev–Trinajstić information content (AvgIpc) is 2.56. The Morgan fingerprint density at radius 3 is 2.82 bits per heavy atom. The number of benzene rings is 1. The summed E-state index contributed by atoms with van der Waals surface area (Å²) in [6.07, 6.45) is 4.58. The molecule has 2 amide bonds. The van der Waals surface area contributed by atoms with Crippen molar-refractivity contribution in [2.45, 2.75) is 25.8 Å². The zero-order valence-electron chi connectivity index (χ0n) is 12.3. The molecule has 0 saturated heterocycles. The van der Waals surface area contributed by atoms with Crippen molar-refractivity contribution in [3.05, 3.63) is 54.4 Å². The number of carbonyl (C=O) groups is 2. The zero-order valence-corrected chi connectivity index (χ0v) is 12.3. The van der Waals surface area contributed by atoms with Gasteiger partial charge in [-0.3, -0.25) is 19.5 Å². The van der Waals surface area contributed by atoms with E-state index in [1.54, 1.807) is 29.3 Å². The molecule has 1 unspecified atom stereocenters. The van der Waals surface area contributed by atoms with Crippen molar-refractivity contribution in [1.29, 1.82) is 0 Å². The minimum absolute atomic E-state index is 0.141. The average molecular weight is 295 g/mol. The molecule has 1 N–H and O–H groups in total. The van der Waals surface area contributed by atoms with Crippen LogP contribution in [0.3, 0.4) is 0 Å². The lowest BCUT2D eigenvalue weighted by Crippen LogP contribution is -2.51. The fourth-order valence-electron chi connectivity index (χ4n) is 2.70. The van der Waals surface area contributed by atoms with Gasteiger partial charge in [0.25, 0.3) is 5.91 Å². The number of pyridine rings is 1. The lowest BCUT2D eigenvalue weighted by atomic mass is 10.0. The van der Waals surface area contributed by atoms with Crippen LogP contribution in [0.5, 0.6) is 0 Å². The molecule has 3 rings (SSSR count). The molecule has 2 aromatic rings. The summed E-state index contributed by atoms with van der Waals surface area (Å²) in [6, 6.07) is 10.3. The molecule has 112 valence electrons. The Bertz CT molecular complexity index is 700. The minimum atomic E-state index is -0.493. The van der Waals surface area contributed by atoms with Crippen molar-refractivity contribution in [3.8, 4) is 0 Å². The first-order valence-corrected chi connectivity index (χ1v) is 7.36. The van der Waals surface area contributed by atoms with Gasteiger partial charge in [0.05, 0.1) is 16.9 Å². The summed E-state index contributed by atoms with van der Waals surface area (Å²) in [5.74, 6) is -0.341. The molecule has 0 radical (unpaired) electrons. The van der Waals surface area contributed by atoms with Gasteiger partial charge in [-0.15, -0.1) is 0 Å². The Kier molecular flexibility index (Phi) is 3.87. The van der Waals surface area contributed by atoms with Gasteiger partial charge in [0, 0.05) is 12.4 Å². The van der Waals surface area contributed by atoms with E-state index in [4.69, 9.17) is 0 Å². The van der Waals surface area contributed by atoms with E-state index in [1.165, 1.54) is 6.20 Å². The molecular weight excluding hydrogens is 278 g/mol. The summed E-state index contributed by atoms with van der Waals surface area (Å²) in [5.41, 5.74) is 1.87. The number of rotatable bonds is 3. The predicted molar refractivity (Wildman–Crippen MR) is 84.8 cm³/mol. The van der Waals surface area contributed by atoms with Gasteiger partial charge in [-0.2, -0.15) is 0 Å². The molecule has 1 aliphatic rings. The fraction of sp³-hybridized carbons (Fsp3) is 0.235. The summed E-state index contributed by atoms with van der Waals surface area (Å²) in [4.78, 5) is 30.9. The van der Waals surface area contributed by atoms with E-state index in [-0.39, 0.29) is 11.8 Å². The maximum absolute atomic E-state index is 12.9. The second-order valence-corrected chi connectivity index (χ2v) is 5.23. The number of aromatic nitrogens is 1. The molecule has 1 aliphatic heterocycles. The van der Waals surface area contributed by atoms with Crippen LogP contribution < -0.4 is 10.2 Å². The highest BCUT2D eigenvalue weighted by Gasteiger charge is 2.36. The fourth-order valence-corrected chi connectivity index (χ4v) is 2.70. The van der Waals surface area contributed by atoms with Crippen LogP contribution in [0.2, 0.25) is 0 Å². The number of hydrogen-bond donors (Lipinski definition) is 1.